The summed E-state index contributed by atoms with van der Waals surface area (Å²) in [6, 6.07) is 18.7. The number of benzene rings is 3. The molecule has 1 unspecified atom stereocenters. The number of amides is 1. The highest BCUT2D eigenvalue weighted by atomic mass is 35.5. The number of carbonyl (C=O) groups excluding carboxylic acids is 1. The summed E-state index contributed by atoms with van der Waals surface area (Å²) in [6.07, 6.45) is 3.68. The molecular weight excluding hydrogens is 747 g/mol. The number of nitrogens with one attached hydrogen (secondary N) is 3. The fourth-order valence-corrected chi connectivity index (χ4v) is 9.52. The maximum Gasteiger partial charge on any atom is 0.262 e. The number of ether oxygens (including phenoxy) is 1. The van der Waals surface area contributed by atoms with Gasteiger partial charge in [0.25, 0.3) is 5.91 Å². The minimum atomic E-state index is -3.88. The first kappa shape index (κ1) is 38.9. The maximum atomic E-state index is 15.3. The van der Waals surface area contributed by atoms with Crippen LogP contribution in [0.1, 0.15) is 55.0 Å². The number of nitrogens with zero attached hydrogens (tertiary/aromatic N) is 3. The number of hydrogen-bond acceptors (Lipinski definition) is 9. The third kappa shape index (κ3) is 8.61. The second-order valence-electron chi connectivity index (χ2n) is 13.5. The minimum absolute atomic E-state index is 0.0878. The molecule has 3 aliphatic heterocycles. The van der Waals surface area contributed by atoms with Crippen molar-refractivity contribution < 1.29 is 26.4 Å². The zero-order valence-electron chi connectivity index (χ0n) is 29.4. The Kier molecular flexibility index (Phi) is 12.2. The number of sulfonamides is 2. The molecule has 0 spiro atoms. The number of piperazine rings is 1. The second kappa shape index (κ2) is 16.3. The fraction of sp³-hybridized carbons (Fsp3) is 0.472. The lowest BCUT2D eigenvalue weighted by atomic mass is 9.95. The lowest BCUT2D eigenvalue weighted by molar-refractivity contribution is -0.141. The molecule has 0 aliphatic carbocycles. The quantitative estimate of drug-likeness (QED) is 0.248. The van der Waals surface area contributed by atoms with Crippen molar-refractivity contribution in [2.24, 2.45) is 0 Å². The topological polar surface area (TPSA) is 140 Å². The van der Waals surface area contributed by atoms with Crippen LogP contribution in [0, 0.1) is 0 Å². The molecule has 52 heavy (non-hydrogen) atoms. The van der Waals surface area contributed by atoms with E-state index in [2.05, 4.69) is 20.3 Å². The van der Waals surface area contributed by atoms with Crippen molar-refractivity contribution in [2.45, 2.75) is 48.8 Å². The van der Waals surface area contributed by atoms with Gasteiger partial charge in [-0.25, -0.2) is 21.6 Å². The van der Waals surface area contributed by atoms with Crippen LogP contribution in [0.25, 0.3) is 0 Å². The minimum Gasteiger partial charge on any atom is -0.493 e. The van der Waals surface area contributed by atoms with Crippen LogP contribution in [0.2, 0.25) is 10.0 Å². The molecule has 16 heteroatoms. The van der Waals surface area contributed by atoms with Crippen LogP contribution in [0.5, 0.6) is 5.75 Å². The Hall–Kier alpha value is -2.79. The van der Waals surface area contributed by atoms with Crippen molar-refractivity contribution in [1.29, 1.82) is 0 Å². The van der Waals surface area contributed by atoms with E-state index in [1.54, 1.807) is 47.4 Å². The van der Waals surface area contributed by atoms with E-state index in [1.807, 2.05) is 31.2 Å². The van der Waals surface area contributed by atoms with Gasteiger partial charge in [0.15, 0.2) is 5.66 Å². The number of halogens is 2. The summed E-state index contributed by atoms with van der Waals surface area (Å²) in [5, 5.41) is 8.49. The molecule has 3 aromatic carbocycles. The summed E-state index contributed by atoms with van der Waals surface area (Å²) >= 11 is 12.6. The van der Waals surface area contributed by atoms with Gasteiger partial charge >= 0.3 is 0 Å². The summed E-state index contributed by atoms with van der Waals surface area (Å²) in [7, 11) is -7.20. The van der Waals surface area contributed by atoms with E-state index in [0.717, 1.165) is 36.6 Å². The van der Waals surface area contributed by atoms with E-state index >= 15 is 4.79 Å². The Balaban J connectivity index is 1.45. The number of carbonyl (C=O) groups is 1. The third-order valence-electron chi connectivity index (χ3n) is 9.92. The van der Waals surface area contributed by atoms with Gasteiger partial charge in [-0.3, -0.25) is 20.3 Å². The molecule has 3 N–H and O–H groups in total. The lowest BCUT2D eigenvalue weighted by Crippen LogP contribution is -2.62. The first-order chi connectivity index (χ1) is 24.8. The molecule has 3 saturated heterocycles. The Bertz CT molecular complexity index is 1880. The van der Waals surface area contributed by atoms with Crippen LogP contribution < -0.4 is 20.1 Å². The van der Waals surface area contributed by atoms with Crippen molar-refractivity contribution in [2.75, 3.05) is 65.2 Å². The third-order valence-corrected chi connectivity index (χ3v) is 13.0. The largest absolute Gasteiger partial charge is 0.493 e. The smallest absolute Gasteiger partial charge is 0.262 e. The summed E-state index contributed by atoms with van der Waals surface area (Å²) in [6.45, 7) is 5.56. The average molecular weight is 794 g/mol. The molecule has 6 rings (SSSR count). The van der Waals surface area contributed by atoms with E-state index in [1.165, 1.54) is 4.31 Å². The van der Waals surface area contributed by atoms with Gasteiger partial charge in [-0.15, -0.1) is 0 Å². The number of rotatable bonds is 12. The van der Waals surface area contributed by atoms with Gasteiger partial charge in [0.2, 0.25) is 20.0 Å². The summed E-state index contributed by atoms with van der Waals surface area (Å²) in [4.78, 5) is 19.3. The van der Waals surface area contributed by atoms with Crippen molar-refractivity contribution >= 4 is 49.2 Å². The van der Waals surface area contributed by atoms with Crippen molar-refractivity contribution in [1.82, 2.24) is 29.5 Å². The highest BCUT2D eigenvalue weighted by molar-refractivity contribution is 7.89. The van der Waals surface area contributed by atoms with Crippen LogP contribution in [-0.2, 0) is 30.5 Å². The van der Waals surface area contributed by atoms with Gasteiger partial charge < -0.3 is 9.64 Å². The molecular formula is C36H46Cl2N6O6S2. The summed E-state index contributed by atoms with van der Waals surface area (Å²) < 4.78 is 61.6. The van der Waals surface area contributed by atoms with Gasteiger partial charge in [-0.2, -0.15) is 4.31 Å². The normalized spacial score (nSPS) is 23.5. The average Bonchev–Trinajstić information content (AvgIpc) is 3.54. The van der Waals surface area contributed by atoms with Gasteiger partial charge in [0.05, 0.1) is 29.8 Å². The van der Waals surface area contributed by atoms with Crippen LogP contribution in [-0.4, -0.2) is 102 Å². The molecule has 3 heterocycles. The van der Waals surface area contributed by atoms with Crippen LogP contribution in [0.15, 0.2) is 71.6 Å². The van der Waals surface area contributed by atoms with E-state index in [9.17, 15) is 16.8 Å². The van der Waals surface area contributed by atoms with Gasteiger partial charge in [0.1, 0.15) is 5.75 Å². The van der Waals surface area contributed by atoms with Gasteiger partial charge in [-0.1, -0.05) is 53.9 Å². The molecule has 12 nitrogen and oxygen atoms in total. The van der Waals surface area contributed by atoms with Crippen LogP contribution >= 0.6 is 23.2 Å². The van der Waals surface area contributed by atoms with E-state index < -0.39 is 37.8 Å². The monoisotopic (exact) mass is 792 g/mol. The highest BCUT2D eigenvalue weighted by Crippen LogP contribution is 2.45. The maximum absolute atomic E-state index is 15.3. The molecule has 0 aromatic heterocycles. The molecule has 282 valence electrons. The second-order valence-corrected chi connectivity index (χ2v) is 18.1. The molecule has 3 aliphatic rings. The Morgan fingerprint density at radius 2 is 1.38 bits per heavy atom. The van der Waals surface area contributed by atoms with Crippen LogP contribution in [0.4, 0.5) is 0 Å². The molecule has 3 fully saturated rings. The molecule has 3 aromatic rings. The zero-order valence-corrected chi connectivity index (χ0v) is 32.5. The van der Waals surface area contributed by atoms with Crippen molar-refractivity contribution in [3.05, 3.63) is 93.5 Å². The van der Waals surface area contributed by atoms with Gasteiger partial charge in [-0.05, 0) is 73.4 Å². The first-order valence-electron chi connectivity index (χ1n) is 17.6. The fourth-order valence-electron chi connectivity index (χ4n) is 7.26. The molecule has 0 radical (unpaired) electrons. The van der Waals surface area contributed by atoms with Gasteiger partial charge in [0, 0.05) is 68.0 Å². The van der Waals surface area contributed by atoms with E-state index in [-0.39, 0.29) is 24.0 Å². The zero-order chi connectivity index (χ0) is 37.1. The Morgan fingerprint density at radius 1 is 0.827 bits per heavy atom. The van der Waals surface area contributed by atoms with Crippen LogP contribution in [0.3, 0.4) is 0 Å². The number of hydrogen-bond donors (Lipinski definition) is 3. The Morgan fingerprint density at radius 3 is 1.90 bits per heavy atom. The SMILES string of the molecule is CCOc1ccc(S(=O)(=O)N2CCCCC2)cc1C1(C(=O)N2CCN(CCNS(C)(=O)=O)CC2)N[C@H](c2ccc(Cl)cc2)[C@H](c2ccc(Cl)cc2)N1. The Labute approximate surface area is 316 Å². The van der Waals surface area contributed by atoms with Crippen molar-refractivity contribution in [3.8, 4) is 5.75 Å². The highest BCUT2D eigenvalue weighted by Gasteiger charge is 2.55. The standard InChI is InChI=1S/C36H46Cl2N6O6S2/c1-3-50-32-16-15-30(52(48,49)44-18-5-4-6-19-44)25-31(32)36(35(45)43-23-21-42(22-24-43)20-17-39-51(2,46)47)40-33(26-7-11-28(37)12-8-26)34(41-36)27-9-13-29(38)14-10-27/h7-16,25,33-34,39-41H,3-6,17-24H2,1-2H3/t33-,34+,36?. The van der Waals surface area contributed by atoms with Crippen molar-refractivity contribution in [3.63, 3.8) is 0 Å². The predicted octanol–water partition coefficient (Wildman–Crippen LogP) is 4.09. The molecule has 0 bridgehead atoms. The predicted molar refractivity (Wildman–Crippen MR) is 202 cm³/mol. The lowest BCUT2D eigenvalue weighted by Gasteiger charge is -2.41. The first-order valence-corrected chi connectivity index (χ1v) is 21.7. The summed E-state index contributed by atoms with van der Waals surface area (Å²) in [5.41, 5.74) is 0.467. The number of piperidine rings is 1. The molecule has 1 amide bonds. The molecule has 3 atom stereocenters. The molecule has 0 saturated carbocycles. The van der Waals surface area contributed by atoms with E-state index in [0.29, 0.717) is 67.2 Å². The van der Waals surface area contributed by atoms with E-state index in [4.69, 9.17) is 27.9 Å². The summed E-state index contributed by atoms with van der Waals surface area (Å²) in [5.74, 6) is 0.0934.